The van der Waals surface area contributed by atoms with Crippen LogP contribution in [-0.4, -0.2) is 32.6 Å². The topological polar surface area (TPSA) is 60.2 Å². The summed E-state index contributed by atoms with van der Waals surface area (Å²) in [5.41, 5.74) is 0.996. The van der Waals surface area contributed by atoms with E-state index in [0.717, 1.165) is 25.9 Å². The first kappa shape index (κ1) is 17.6. The van der Waals surface area contributed by atoms with Crippen molar-refractivity contribution in [1.82, 2.24) is 14.8 Å². The van der Waals surface area contributed by atoms with E-state index in [2.05, 4.69) is 36.2 Å². The molecule has 0 fully saturated rings. The van der Waals surface area contributed by atoms with Crippen LogP contribution >= 0.6 is 0 Å². The van der Waals surface area contributed by atoms with E-state index < -0.39 is 0 Å². The highest BCUT2D eigenvalue weighted by atomic mass is 16.5. The first-order valence-corrected chi connectivity index (χ1v) is 8.20. The second-order valence-electron chi connectivity index (χ2n) is 6.67. The van der Waals surface area contributed by atoms with Crippen LogP contribution in [0.3, 0.4) is 0 Å². The lowest BCUT2D eigenvalue weighted by Gasteiger charge is -2.30. The van der Waals surface area contributed by atoms with Crippen molar-refractivity contribution in [3.63, 3.8) is 0 Å². The Morgan fingerprint density at radius 1 is 1.13 bits per heavy atom. The number of nitrogens with zero attached hydrogens (tertiary/aromatic N) is 3. The SMILES string of the molecule is CC(C)(Cn1cnnc1)C(O)CCCCOCc1ccccc1. The molecule has 1 unspecified atom stereocenters. The number of ether oxygens (including phenoxy) is 1. The molecule has 1 heterocycles. The summed E-state index contributed by atoms with van der Waals surface area (Å²) in [7, 11) is 0. The third kappa shape index (κ3) is 6.12. The van der Waals surface area contributed by atoms with E-state index in [9.17, 15) is 5.11 Å². The molecule has 2 rings (SSSR count). The van der Waals surface area contributed by atoms with Gasteiger partial charge in [-0.1, -0.05) is 44.2 Å². The van der Waals surface area contributed by atoms with Crippen LogP contribution in [0.15, 0.2) is 43.0 Å². The Balaban J connectivity index is 1.59. The number of aliphatic hydroxyl groups excluding tert-OH is 1. The zero-order valence-electron chi connectivity index (χ0n) is 14.1. The smallest absolute Gasteiger partial charge is 0.119 e. The van der Waals surface area contributed by atoms with Gasteiger partial charge in [0, 0.05) is 18.6 Å². The maximum Gasteiger partial charge on any atom is 0.119 e. The maximum atomic E-state index is 10.4. The molecule has 0 saturated heterocycles. The molecule has 126 valence electrons. The van der Waals surface area contributed by atoms with Gasteiger partial charge in [0.2, 0.25) is 0 Å². The molecule has 5 nitrogen and oxygen atoms in total. The van der Waals surface area contributed by atoms with Crippen molar-refractivity contribution in [1.29, 1.82) is 0 Å². The quantitative estimate of drug-likeness (QED) is 0.684. The van der Waals surface area contributed by atoms with Gasteiger partial charge in [0.1, 0.15) is 12.7 Å². The molecule has 1 aromatic carbocycles. The summed E-state index contributed by atoms with van der Waals surface area (Å²) in [6.45, 7) is 6.24. The Morgan fingerprint density at radius 3 is 2.52 bits per heavy atom. The van der Waals surface area contributed by atoms with Crippen molar-refractivity contribution in [2.45, 2.75) is 52.4 Å². The summed E-state index contributed by atoms with van der Waals surface area (Å²) in [4.78, 5) is 0. The van der Waals surface area contributed by atoms with Gasteiger partial charge < -0.3 is 14.4 Å². The summed E-state index contributed by atoms with van der Waals surface area (Å²) >= 11 is 0. The summed E-state index contributed by atoms with van der Waals surface area (Å²) in [6.07, 6.45) is 5.73. The van der Waals surface area contributed by atoms with Crippen LogP contribution in [0.4, 0.5) is 0 Å². The molecule has 2 aromatic rings. The third-order valence-corrected chi connectivity index (χ3v) is 4.09. The van der Waals surface area contributed by atoms with Crippen molar-refractivity contribution in [2.75, 3.05) is 6.61 Å². The number of unbranched alkanes of at least 4 members (excludes halogenated alkanes) is 1. The largest absolute Gasteiger partial charge is 0.393 e. The zero-order valence-corrected chi connectivity index (χ0v) is 14.1. The molecule has 0 bridgehead atoms. The Hall–Kier alpha value is -1.72. The standard InChI is InChI=1S/C18H27N3O2/c1-18(2,13-21-14-19-20-15-21)17(22)10-6-7-11-23-12-16-8-4-3-5-9-16/h3-5,8-9,14-15,17,22H,6-7,10-13H2,1-2H3. The van der Waals surface area contributed by atoms with Crippen LogP contribution in [0.2, 0.25) is 0 Å². The van der Waals surface area contributed by atoms with Crippen LogP contribution in [0.5, 0.6) is 0 Å². The van der Waals surface area contributed by atoms with Gasteiger partial charge in [-0.15, -0.1) is 10.2 Å². The molecule has 5 heteroatoms. The molecule has 1 atom stereocenters. The minimum Gasteiger partial charge on any atom is -0.393 e. The van der Waals surface area contributed by atoms with Crippen LogP contribution in [0.25, 0.3) is 0 Å². The molecule has 0 spiro atoms. The highest BCUT2D eigenvalue weighted by Crippen LogP contribution is 2.26. The average molecular weight is 317 g/mol. The minimum absolute atomic E-state index is 0.201. The highest BCUT2D eigenvalue weighted by Gasteiger charge is 2.27. The molecule has 0 radical (unpaired) electrons. The van der Waals surface area contributed by atoms with E-state index in [-0.39, 0.29) is 11.5 Å². The molecule has 0 amide bonds. The summed E-state index contributed by atoms with van der Waals surface area (Å²) in [6, 6.07) is 10.2. The van der Waals surface area contributed by atoms with E-state index in [0.29, 0.717) is 13.2 Å². The predicted molar refractivity (Wildman–Crippen MR) is 89.8 cm³/mol. The Morgan fingerprint density at radius 2 is 1.83 bits per heavy atom. The van der Waals surface area contributed by atoms with Gasteiger partial charge in [0.25, 0.3) is 0 Å². The Kier molecular flexibility index (Phi) is 6.74. The Bertz CT molecular complexity index is 541. The van der Waals surface area contributed by atoms with E-state index in [4.69, 9.17) is 4.74 Å². The normalized spacial score (nSPS) is 13.2. The van der Waals surface area contributed by atoms with Gasteiger partial charge in [0.15, 0.2) is 0 Å². The molecule has 0 aliphatic rings. The molecule has 0 aliphatic carbocycles. The van der Waals surface area contributed by atoms with Crippen molar-refractivity contribution in [2.24, 2.45) is 5.41 Å². The number of hydrogen-bond acceptors (Lipinski definition) is 4. The molecule has 1 N–H and O–H groups in total. The molecule has 23 heavy (non-hydrogen) atoms. The first-order chi connectivity index (χ1) is 11.1. The zero-order chi connectivity index (χ0) is 16.5. The minimum atomic E-state index is -0.348. The summed E-state index contributed by atoms with van der Waals surface area (Å²) in [5.74, 6) is 0. The summed E-state index contributed by atoms with van der Waals surface area (Å²) < 4.78 is 7.58. The molecular formula is C18H27N3O2. The fourth-order valence-corrected chi connectivity index (χ4v) is 2.58. The van der Waals surface area contributed by atoms with E-state index in [1.807, 2.05) is 22.8 Å². The number of aromatic nitrogens is 3. The van der Waals surface area contributed by atoms with Gasteiger partial charge in [-0.05, 0) is 24.8 Å². The van der Waals surface area contributed by atoms with Crippen molar-refractivity contribution >= 4 is 0 Å². The van der Waals surface area contributed by atoms with Crippen LogP contribution in [-0.2, 0) is 17.9 Å². The van der Waals surface area contributed by atoms with Gasteiger partial charge in [-0.2, -0.15) is 0 Å². The lowest BCUT2D eigenvalue weighted by molar-refractivity contribution is 0.0265. The number of rotatable bonds is 10. The van der Waals surface area contributed by atoms with E-state index >= 15 is 0 Å². The van der Waals surface area contributed by atoms with Crippen molar-refractivity contribution in [3.8, 4) is 0 Å². The fourth-order valence-electron chi connectivity index (χ4n) is 2.58. The van der Waals surface area contributed by atoms with Gasteiger partial charge in [-0.3, -0.25) is 0 Å². The van der Waals surface area contributed by atoms with Crippen LogP contribution in [0, 0.1) is 5.41 Å². The lowest BCUT2D eigenvalue weighted by Crippen LogP contribution is -2.33. The second-order valence-corrected chi connectivity index (χ2v) is 6.67. The predicted octanol–water partition coefficient (Wildman–Crippen LogP) is 3.05. The van der Waals surface area contributed by atoms with Crippen LogP contribution < -0.4 is 0 Å². The van der Waals surface area contributed by atoms with Gasteiger partial charge >= 0.3 is 0 Å². The van der Waals surface area contributed by atoms with Gasteiger partial charge in [-0.25, -0.2) is 0 Å². The number of benzene rings is 1. The monoisotopic (exact) mass is 317 g/mol. The fraction of sp³-hybridized carbons (Fsp3) is 0.556. The lowest BCUT2D eigenvalue weighted by atomic mass is 9.83. The van der Waals surface area contributed by atoms with E-state index in [1.54, 1.807) is 12.7 Å². The van der Waals surface area contributed by atoms with Crippen molar-refractivity contribution in [3.05, 3.63) is 48.5 Å². The van der Waals surface area contributed by atoms with Crippen LogP contribution in [0.1, 0.15) is 38.7 Å². The average Bonchev–Trinajstić information content (AvgIpc) is 3.03. The maximum absolute atomic E-state index is 10.4. The molecule has 1 aromatic heterocycles. The molecular weight excluding hydrogens is 290 g/mol. The third-order valence-electron chi connectivity index (χ3n) is 4.09. The van der Waals surface area contributed by atoms with Crippen molar-refractivity contribution < 1.29 is 9.84 Å². The molecule has 0 aliphatic heterocycles. The number of hydrogen-bond donors (Lipinski definition) is 1. The number of aliphatic hydroxyl groups is 1. The van der Waals surface area contributed by atoms with E-state index in [1.165, 1.54) is 5.56 Å². The second kappa shape index (κ2) is 8.79. The summed E-state index contributed by atoms with van der Waals surface area (Å²) in [5, 5.41) is 18.0. The van der Waals surface area contributed by atoms with Gasteiger partial charge in [0.05, 0.1) is 12.7 Å². The highest BCUT2D eigenvalue weighted by molar-refractivity contribution is 5.13. The molecule has 0 saturated carbocycles. The first-order valence-electron chi connectivity index (χ1n) is 8.20. The Labute approximate surface area is 138 Å².